The molecule has 8 nitrogen and oxygen atoms in total. The molecule has 0 saturated carbocycles. The number of nitrogens with zero attached hydrogens (tertiary/aromatic N) is 3. The predicted octanol–water partition coefficient (Wildman–Crippen LogP) is 0.721. The van der Waals surface area contributed by atoms with Crippen molar-refractivity contribution in [1.82, 2.24) is 25.6 Å². The monoisotopic (exact) mass is 313 g/mol. The second kappa shape index (κ2) is 6.30. The van der Waals surface area contributed by atoms with E-state index in [1.807, 2.05) is 0 Å². The molecule has 0 saturated heterocycles. The SMILES string of the molecule is Cn1nnc2ccc(C(=O)NCCNC(=O)c3ccco3)cc21. The molecule has 1 aromatic carbocycles. The van der Waals surface area contributed by atoms with Crippen molar-refractivity contribution < 1.29 is 14.0 Å². The van der Waals surface area contributed by atoms with Crippen LogP contribution in [0, 0.1) is 0 Å². The molecule has 2 amide bonds. The Balaban J connectivity index is 1.52. The van der Waals surface area contributed by atoms with Gasteiger partial charge >= 0.3 is 0 Å². The minimum atomic E-state index is -0.313. The van der Waals surface area contributed by atoms with Crippen LogP contribution in [0.4, 0.5) is 0 Å². The van der Waals surface area contributed by atoms with Crippen molar-refractivity contribution in [3.8, 4) is 0 Å². The summed E-state index contributed by atoms with van der Waals surface area (Å²) < 4.78 is 6.58. The molecule has 3 aromatic rings. The molecular weight excluding hydrogens is 298 g/mol. The molecule has 0 fully saturated rings. The lowest BCUT2D eigenvalue weighted by atomic mass is 10.2. The summed E-state index contributed by atoms with van der Waals surface area (Å²) in [6.45, 7) is 0.619. The normalized spacial score (nSPS) is 10.7. The summed E-state index contributed by atoms with van der Waals surface area (Å²) in [5, 5.41) is 13.3. The predicted molar refractivity (Wildman–Crippen MR) is 81.9 cm³/mol. The van der Waals surface area contributed by atoms with Crippen LogP contribution in [0.1, 0.15) is 20.9 Å². The van der Waals surface area contributed by atoms with Crippen LogP contribution >= 0.6 is 0 Å². The van der Waals surface area contributed by atoms with Gasteiger partial charge in [0.25, 0.3) is 11.8 Å². The fourth-order valence-electron chi connectivity index (χ4n) is 2.12. The molecule has 3 rings (SSSR count). The number of amides is 2. The Hall–Kier alpha value is -3.16. The summed E-state index contributed by atoms with van der Waals surface area (Å²) in [5.41, 5.74) is 2.03. The molecule has 0 spiro atoms. The minimum absolute atomic E-state index is 0.222. The van der Waals surface area contributed by atoms with Gasteiger partial charge in [-0.05, 0) is 30.3 Å². The van der Waals surface area contributed by atoms with Crippen molar-refractivity contribution >= 4 is 22.8 Å². The number of fused-ring (bicyclic) bond motifs is 1. The number of furan rings is 1. The van der Waals surface area contributed by atoms with Crippen molar-refractivity contribution in [1.29, 1.82) is 0 Å². The van der Waals surface area contributed by atoms with Gasteiger partial charge in [0.2, 0.25) is 0 Å². The van der Waals surface area contributed by atoms with Gasteiger partial charge in [0.15, 0.2) is 5.76 Å². The molecule has 118 valence electrons. The highest BCUT2D eigenvalue weighted by atomic mass is 16.3. The van der Waals surface area contributed by atoms with Gasteiger partial charge < -0.3 is 15.1 Å². The first-order chi connectivity index (χ1) is 11.1. The van der Waals surface area contributed by atoms with E-state index in [1.54, 1.807) is 42.1 Å². The van der Waals surface area contributed by atoms with Gasteiger partial charge in [-0.25, -0.2) is 4.68 Å². The molecule has 0 radical (unpaired) electrons. The van der Waals surface area contributed by atoms with E-state index >= 15 is 0 Å². The summed E-state index contributed by atoms with van der Waals surface area (Å²) in [6.07, 6.45) is 1.43. The number of rotatable bonds is 5. The Morgan fingerprint density at radius 2 is 1.96 bits per heavy atom. The van der Waals surface area contributed by atoms with Gasteiger partial charge in [0, 0.05) is 25.7 Å². The third-order valence-electron chi connectivity index (χ3n) is 3.31. The van der Waals surface area contributed by atoms with E-state index in [1.165, 1.54) is 6.26 Å². The third-order valence-corrected chi connectivity index (χ3v) is 3.31. The van der Waals surface area contributed by atoms with Crippen LogP contribution < -0.4 is 10.6 Å². The Labute approximate surface area is 131 Å². The molecule has 0 aliphatic heterocycles. The number of carbonyl (C=O) groups excluding carboxylic acids is 2. The number of hydrogen-bond donors (Lipinski definition) is 2. The molecule has 0 unspecified atom stereocenters. The number of aromatic nitrogens is 3. The van der Waals surface area contributed by atoms with Gasteiger partial charge in [0.05, 0.1) is 11.8 Å². The van der Waals surface area contributed by atoms with Gasteiger partial charge in [-0.3, -0.25) is 9.59 Å². The topological polar surface area (TPSA) is 102 Å². The highest BCUT2D eigenvalue weighted by Gasteiger charge is 2.10. The summed E-state index contributed by atoms with van der Waals surface area (Å²) in [4.78, 5) is 23.7. The zero-order valence-electron chi connectivity index (χ0n) is 12.4. The second-order valence-electron chi connectivity index (χ2n) is 4.91. The summed E-state index contributed by atoms with van der Waals surface area (Å²) in [7, 11) is 1.77. The van der Waals surface area contributed by atoms with E-state index in [9.17, 15) is 9.59 Å². The first kappa shape index (κ1) is 14.8. The zero-order valence-corrected chi connectivity index (χ0v) is 12.4. The first-order valence-corrected chi connectivity index (χ1v) is 7.04. The lowest BCUT2D eigenvalue weighted by molar-refractivity contribution is 0.0910. The van der Waals surface area contributed by atoms with Gasteiger partial charge in [-0.1, -0.05) is 5.21 Å². The number of aryl methyl sites for hydroxylation is 1. The van der Waals surface area contributed by atoms with Gasteiger partial charge in [-0.15, -0.1) is 5.10 Å². The third kappa shape index (κ3) is 3.20. The zero-order chi connectivity index (χ0) is 16.2. The van der Waals surface area contributed by atoms with Crippen molar-refractivity contribution in [2.24, 2.45) is 7.05 Å². The maximum Gasteiger partial charge on any atom is 0.287 e. The van der Waals surface area contributed by atoms with Crippen molar-refractivity contribution in [2.75, 3.05) is 13.1 Å². The first-order valence-electron chi connectivity index (χ1n) is 7.04. The standard InChI is InChI=1S/C15H15N5O3/c1-20-12-9-10(4-5-11(12)18-19-20)14(21)16-6-7-17-15(22)13-3-2-8-23-13/h2-5,8-9H,6-7H2,1H3,(H,16,21)(H,17,22). The van der Waals surface area contributed by atoms with E-state index in [0.717, 1.165) is 11.0 Å². The maximum atomic E-state index is 12.1. The van der Waals surface area contributed by atoms with Gasteiger partial charge in [-0.2, -0.15) is 0 Å². The van der Waals surface area contributed by atoms with Crippen molar-refractivity contribution in [3.05, 3.63) is 47.9 Å². The second-order valence-corrected chi connectivity index (χ2v) is 4.91. The molecule has 2 N–H and O–H groups in total. The van der Waals surface area contributed by atoms with E-state index in [2.05, 4.69) is 20.9 Å². The Morgan fingerprint density at radius 3 is 2.70 bits per heavy atom. The number of carbonyl (C=O) groups is 2. The van der Waals surface area contributed by atoms with Crippen molar-refractivity contribution in [2.45, 2.75) is 0 Å². The Morgan fingerprint density at radius 1 is 1.17 bits per heavy atom. The minimum Gasteiger partial charge on any atom is -0.459 e. The lowest BCUT2D eigenvalue weighted by Crippen LogP contribution is -2.34. The van der Waals surface area contributed by atoms with Crippen LogP contribution in [0.2, 0.25) is 0 Å². The Kier molecular flexibility index (Phi) is 4.05. The van der Waals surface area contributed by atoms with Crippen LogP contribution in [-0.2, 0) is 7.05 Å². The molecule has 2 aromatic heterocycles. The Bertz CT molecular complexity index is 838. The van der Waals surface area contributed by atoms with Crippen LogP contribution in [-0.4, -0.2) is 39.9 Å². The average Bonchev–Trinajstić information content (AvgIpc) is 3.21. The van der Waals surface area contributed by atoms with Crippen LogP contribution in [0.5, 0.6) is 0 Å². The molecule has 2 heterocycles. The van der Waals surface area contributed by atoms with E-state index in [-0.39, 0.29) is 17.6 Å². The molecule has 23 heavy (non-hydrogen) atoms. The number of nitrogens with one attached hydrogen (secondary N) is 2. The van der Waals surface area contributed by atoms with Crippen molar-refractivity contribution in [3.63, 3.8) is 0 Å². The average molecular weight is 313 g/mol. The molecule has 0 atom stereocenters. The highest BCUT2D eigenvalue weighted by Crippen LogP contribution is 2.12. The summed E-state index contributed by atoms with van der Waals surface area (Å²) in [5.74, 6) is -0.294. The maximum absolute atomic E-state index is 12.1. The fourth-order valence-corrected chi connectivity index (χ4v) is 2.12. The number of benzene rings is 1. The lowest BCUT2D eigenvalue weighted by Gasteiger charge is -2.06. The largest absolute Gasteiger partial charge is 0.459 e. The molecule has 0 bridgehead atoms. The smallest absolute Gasteiger partial charge is 0.287 e. The molecular formula is C15H15N5O3. The van der Waals surface area contributed by atoms with Gasteiger partial charge in [0.1, 0.15) is 5.52 Å². The fraction of sp³-hybridized carbons (Fsp3) is 0.200. The van der Waals surface area contributed by atoms with Crippen LogP contribution in [0.3, 0.4) is 0 Å². The molecule has 0 aliphatic rings. The summed E-state index contributed by atoms with van der Waals surface area (Å²) in [6, 6.07) is 8.38. The van der Waals surface area contributed by atoms with Crippen LogP contribution in [0.15, 0.2) is 41.0 Å². The van der Waals surface area contributed by atoms with E-state index in [0.29, 0.717) is 18.7 Å². The van der Waals surface area contributed by atoms with E-state index < -0.39 is 0 Å². The molecule has 0 aliphatic carbocycles. The quantitative estimate of drug-likeness (QED) is 0.676. The van der Waals surface area contributed by atoms with E-state index in [4.69, 9.17) is 4.42 Å². The highest BCUT2D eigenvalue weighted by molar-refractivity contribution is 5.97. The van der Waals surface area contributed by atoms with Crippen LogP contribution in [0.25, 0.3) is 11.0 Å². The number of hydrogen-bond acceptors (Lipinski definition) is 5. The molecule has 8 heteroatoms. The summed E-state index contributed by atoms with van der Waals surface area (Å²) >= 11 is 0.